The number of amides is 2. The standard InChI is InChI=1S/C28H37ClN2O4/c1-4-34-25-16-12-21(18-26(25)35-5-2)13-17-27(32)31(19-22-10-14-23(29)15-11-22)20(3)28(33)30-24-8-6-7-9-24/h10-12,14-16,18,20,24H,4-9,13,17,19H2,1-3H3,(H,30,33)/t20-/m1/s1. The zero-order chi connectivity index (χ0) is 25.2. The van der Waals surface area contributed by atoms with E-state index in [2.05, 4.69) is 5.32 Å². The van der Waals surface area contributed by atoms with Crippen LogP contribution >= 0.6 is 11.6 Å². The second-order valence-electron chi connectivity index (χ2n) is 8.96. The third-order valence-electron chi connectivity index (χ3n) is 6.37. The summed E-state index contributed by atoms with van der Waals surface area (Å²) in [6, 6.07) is 12.8. The topological polar surface area (TPSA) is 67.9 Å². The van der Waals surface area contributed by atoms with Gasteiger partial charge in [-0.3, -0.25) is 9.59 Å². The zero-order valence-electron chi connectivity index (χ0n) is 21.0. The molecule has 0 saturated heterocycles. The molecule has 0 bridgehead atoms. The van der Waals surface area contributed by atoms with Crippen molar-refractivity contribution in [1.29, 1.82) is 0 Å². The first-order valence-corrected chi connectivity index (χ1v) is 13.0. The van der Waals surface area contributed by atoms with E-state index in [1.165, 1.54) is 0 Å². The van der Waals surface area contributed by atoms with E-state index in [1.54, 1.807) is 17.0 Å². The van der Waals surface area contributed by atoms with Gasteiger partial charge in [0.2, 0.25) is 11.8 Å². The lowest BCUT2D eigenvalue weighted by atomic mass is 10.1. The number of aryl methyl sites for hydroxylation is 1. The minimum Gasteiger partial charge on any atom is -0.490 e. The van der Waals surface area contributed by atoms with Gasteiger partial charge in [0, 0.05) is 24.0 Å². The van der Waals surface area contributed by atoms with Crippen LogP contribution in [0.2, 0.25) is 5.02 Å². The zero-order valence-corrected chi connectivity index (χ0v) is 21.8. The summed E-state index contributed by atoms with van der Waals surface area (Å²) in [5.41, 5.74) is 1.92. The van der Waals surface area contributed by atoms with Crippen LogP contribution in [0.25, 0.3) is 0 Å². The van der Waals surface area contributed by atoms with E-state index in [0.717, 1.165) is 36.8 Å². The minimum absolute atomic E-state index is 0.0686. The Morgan fingerprint density at radius 3 is 2.29 bits per heavy atom. The molecule has 35 heavy (non-hydrogen) atoms. The van der Waals surface area contributed by atoms with Crippen LogP contribution in [-0.4, -0.2) is 42.0 Å². The molecule has 1 fully saturated rings. The molecule has 7 heteroatoms. The van der Waals surface area contributed by atoms with E-state index < -0.39 is 6.04 Å². The molecular weight excluding hydrogens is 464 g/mol. The summed E-state index contributed by atoms with van der Waals surface area (Å²) in [5, 5.41) is 3.78. The van der Waals surface area contributed by atoms with Crippen LogP contribution in [0, 0.1) is 0 Å². The van der Waals surface area contributed by atoms with Crippen molar-refractivity contribution in [2.24, 2.45) is 0 Å². The second-order valence-corrected chi connectivity index (χ2v) is 9.40. The Bertz CT molecular complexity index is 973. The first-order chi connectivity index (χ1) is 16.9. The number of benzene rings is 2. The highest BCUT2D eigenvalue weighted by atomic mass is 35.5. The van der Waals surface area contributed by atoms with Crippen molar-refractivity contribution in [3.63, 3.8) is 0 Å². The van der Waals surface area contributed by atoms with Gasteiger partial charge in [-0.15, -0.1) is 0 Å². The Hall–Kier alpha value is -2.73. The highest BCUT2D eigenvalue weighted by Gasteiger charge is 2.28. The maximum atomic E-state index is 13.4. The Labute approximate surface area is 213 Å². The van der Waals surface area contributed by atoms with Crippen molar-refractivity contribution in [2.75, 3.05) is 13.2 Å². The lowest BCUT2D eigenvalue weighted by Crippen LogP contribution is -2.49. The summed E-state index contributed by atoms with van der Waals surface area (Å²) in [4.78, 5) is 28.1. The fourth-order valence-electron chi connectivity index (χ4n) is 4.41. The van der Waals surface area contributed by atoms with Crippen molar-refractivity contribution >= 4 is 23.4 Å². The van der Waals surface area contributed by atoms with Crippen molar-refractivity contribution < 1.29 is 19.1 Å². The highest BCUT2D eigenvalue weighted by molar-refractivity contribution is 6.30. The lowest BCUT2D eigenvalue weighted by molar-refractivity contribution is -0.140. The average molecular weight is 501 g/mol. The minimum atomic E-state index is -0.571. The molecule has 0 unspecified atom stereocenters. The lowest BCUT2D eigenvalue weighted by Gasteiger charge is -2.30. The summed E-state index contributed by atoms with van der Waals surface area (Å²) in [5.74, 6) is 1.22. The van der Waals surface area contributed by atoms with E-state index >= 15 is 0 Å². The SMILES string of the molecule is CCOc1ccc(CCC(=O)N(Cc2ccc(Cl)cc2)[C@H](C)C(=O)NC2CCCC2)cc1OCC. The summed E-state index contributed by atoms with van der Waals surface area (Å²) < 4.78 is 11.4. The molecule has 2 aromatic rings. The molecule has 0 radical (unpaired) electrons. The molecule has 1 aliphatic rings. The highest BCUT2D eigenvalue weighted by Crippen LogP contribution is 2.29. The van der Waals surface area contributed by atoms with Crippen LogP contribution in [0.1, 0.15) is 64.0 Å². The molecule has 3 rings (SSSR count). The fraction of sp³-hybridized carbons (Fsp3) is 0.500. The van der Waals surface area contributed by atoms with E-state index in [4.69, 9.17) is 21.1 Å². The normalized spacial score (nSPS) is 14.4. The van der Waals surface area contributed by atoms with Crippen LogP contribution in [0.5, 0.6) is 11.5 Å². The Morgan fingerprint density at radius 2 is 1.63 bits per heavy atom. The van der Waals surface area contributed by atoms with Crippen molar-refractivity contribution in [3.05, 3.63) is 58.6 Å². The number of halogens is 1. The monoisotopic (exact) mass is 500 g/mol. The molecule has 190 valence electrons. The quantitative estimate of drug-likeness (QED) is 0.415. The maximum Gasteiger partial charge on any atom is 0.242 e. The molecule has 0 aromatic heterocycles. The van der Waals surface area contributed by atoms with E-state index in [1.807, 2.05) is 51.1 Å². The van der Waals surface area contributed by atoms with Crippen LogP contribution in [0.15, 0.2) is 42.5 Å². The molecule has 1 saturated carbocycles. The molecule has 2 amide bonds. The second kappa shape index (κ2) is 13.4. The van der Waals surface area contributed by atoms with Crippen molar-refractivity contribution in [2.45, 2.75) is 77.9 Å². The molecule has 0 heterocycles. The van der Waals surface area contributed by atoms with Gasteiger partial charge in [-0.1, -0.05) is 42.6 Å². The number of ether oxygens (including phenoxy) is 2. The summed E-state index contributed by atoms with van der Waals surface area (Å²) in [6.45, 7) is 7.11. The molecule has 6 nitrogen and oxygen atoms in total. The van der Waals surface area contributed by atoms with Gasteiger partial charge in [0.15, 0.2) is 11.5 Å². The van der Waals surface area contributed by atoms with Gasteiger partial charge in [-0.25, -0.2) is 0 Å². The molecule has 1 aliphatic carbocycles. The number of hydrogen-bond donors (Lipinski definition) is 1. The summed E-state index contributed by atoms with van der Waals surface area (Å²) in [6.07, 6.45) is 5.11. The third kappa shape index (κ3) is 7.89. The Kier molecular flexibility index (Phi) is 10.3. The van der Waals surface area contributed by atoms with Gasteiger partial charge < -0.3 is 19.7 Å². The fourth-order valence-corrected chi connectivity index (χ4v) is 4.53. The molecule has 1 atom stereocenters. The first kappa shape index (κ1) is 26.9. The predicted octanol–water partition coefficient (Wildman–Crippen LogP) is 5.55. The number of rotatable bonds is 12. The van der Waals surface area contributed by atoms with Gasteiger partial charge in [0.25, 0.3) is 0 Å². The predicted molar refractivity (Wildman–Crippen MR) is 139 cm³/mol. The van der Waals surface area contributed by atoms with Crippen LogP contribution < -0.4 is 14.8 Å². The van der Waals surface area contributed by atoms with Gasteiger partial charge in [0.05, 0.1) is 13.2 Å². The van der Waals surface area contributed by atoms with Crippen molar-refractivity contribution in [1.82, 2.24) is 10.2 Å². The van der Waals surface area contributed by atoms with E-state index in [-0.39, 0.29) is 24.3 Å². The number of nitrogens with zero attached hydrogens (tertiary/aromatic N) is 1. The number of carbonyl (C=O) groups excluding carboxylic acids is 2. The van der Waals surface area contributed by atoms with Gasteiger partial charge in [-0.2, -0.15) is 0 Å². The number of nitrogens with one attached hydrogen (secondary N) is 1. The third-order valence-corrected chi connectivity index (χ3v) is 6.62. The van der Waals surface area contributed by atoms with E-state index in [9.17, 15) is 9.59 Å². The summed E-state index contributed by atoms with van der Waals surface area (Å²) in [7, 11) is 0. The molecule has 2 aromatic carbocycles. The molecule has 0 spiro atoms. The molecule has 0 aliphatic heterocycles. The maximum absolute atomic E-state index is 13.4. The van der Waals surface area contributed by atoms with Gasteiger partial charge in [0.1, 0.15) is 6.04 Å². The van der Waals surface area contributed by atoms with Crippen molar-refractivity contribution in [3.8, 4) is 11.5 Å². The van der Waals surface area contributed by atoms with Gasteiger partial charge in [-0.05, 0) is 75.4 Å². The van der Waals surface area contributed by atoms with Crippen LogP contribution in [0.3, 0.4) is 0 Å². The summed E-state index contributed by atoms with van der Waals surface area (Å²) >= 11 is 6.04. The molecule has 1 N–H and O–H groups in total. The largest absolute Gasteiger partial charge is 0.490 e. The first-order valence-electron chi connectivity index (χ1n) is 12.6. The Morgan fingerprint density at radius 1 is 1.00 bits per heavy atom. The molecular formula is C28H37ClN2O4. The number of hydrogen-bond acceptors (Lipinski definition) is 4. The van der Waals surface area contributed by atoms with Crippen LogP contribution in [-0.2, 0) is 22.6 Å². The van der Waals surface area contributed by atoms with Crippen LogP contribution in [0.4, 0.5) is 0 Å². The van der Waals surface area contributed by atoms with Gasteiger partial charge >= 0.3 is 0 Å². The Balaban J connectivity index is 1.72. The number of carbonyl (C=O) groups is 2. The van der Waals surface area contributed by atoms with E-state index in [0.29, 0.717) is 42.7 Å². The smallest absolute Gasteiger partial charge is 0.242 e. The average Bonchev–Trinajstić information content (AvgIpc) is 3.36.